The van der Waals surface area contributed by atoms with Crippen molar-refractivity contribution in [3.63, 3.8) is 0 Å². The molecule has 3 aliphatic rings. The Balaban J connectivity index is 1.30. The van der Waals surface area contributed by atoms with E-state index in [-0.39, 0.29) is 42.2 Å². The number of anilines is 1. The number of halogens is 2. The van der Waals surface area contributed by atoms with Crippen LogP contribution in [0.3, 0.4) is 0 Å². The minimum absolute atomic E-state index is 0.0499. The zero-order chi connectivity index (χ0) is 28.6. The zero-order valence-electron chi connectivity index (χ0n) is 22.7. The van der Waals surface area contributed by atoms with Crippen LogP contribution in [0.15, 0.2) is 24.3 Å². The fourth-order valence-electron chi connectivity index (χ4n) is 6.46. The number of aryl methyl sites for hydroxylation is 2. The molecule has 0 bridgehead atoms. The Morgan fingerprint density at radius 1 is 1.17 bits per heavy atom. The minimum atomic E-state index is -0.873. The quantitative estimate of drug-likeness (QED) is 0.399. The number of aromatic nitrogens is 3. The van der Waals surface area contributed by atoms with Gasteiger partial charge in [0, 0.05) is 37.9 Å². The van der Waals surface area contributed by atoms with Crippen LogP contribution in [0.25, 0.3) is 10.8 Å². The first-order chi connectivity index (χ1) is 19.9. The monoisotopic (exact) mass is 565 g/mol. The van der Waals surface area contributed by atoms with Gasteiger partial charge in [0.25, 0.3) is 0 Å². The molecule has 41 heavy (non-hydrogen) atoms. The highest BCUT2D eigenvalue weighted by Crippen LogP contribution is 2.40. The average Bonchev–Trinajstić information content (AvgIpc) is 3.50. The third-order valence-corrected chi connectivity index (χ3v) is 8.40. The van der Waals surface area contributed by atoms with Gasteiger partial charge in [0.05, 0.1) is 30.4 Å². The molecule has 2 N–H and O–H groups in total. The summed E-state index contributed by atoms with van der Waals surface area (Å²) < 4.78 is 40.6. The van der Waals surface area contributed by atoms with Crippen molar-refractivity contribution >= 4 is 16.7 Å². The first-order valence-electron chi connectivity index (χ1n) is 14.0. The lowest BCUT2D eigenvalue weighted by molar-refractivity contribution is 0.00306. The highest BCUT2D eigenvalue weighted by Gasteiger charge is 2.49. The number of phenols is 1. The topological polar surface area (TPSA) is 104 Å². The number of alkyl halides is 1. The maximum atomic E-state index is 14.6. The summed E-state index contributed by atoms with van der Waals surface area (Å²) in [5.74, 6) is 2.84. The third-order valence-electron chi connectivity index (χ3n) is 8.40. The molecule has 0 radical (unpaired) electrons. The molecule has 3 aliphatic heterocycles. The molecule has 2 aromatic carbocycles. The lowest BCUT2D eigenvalue weighted by atomic mass is 9.95. The zero-order valence-corrected chi connectivity index (χ0v) is 22.7. The number of aromatic hydroxyl groups is 1. The molecular formula is C30H33F2N5O4. The summed E-state index contributed by atoms with van der Waals surface area (Å²) >= 11 is 0. The summed E-state index contributed by atoms with van der Waals surface area (Å²) in [6, 6.07) is 6.17. The minimum Gasteiger partial charge on any atom is -0.508 e. The van der Waals surface area contributed by atoms with E-state index < -0.39 is 12.0 Å². The van der Waals surface area contributed by atoms with Crippen molar-refractivity contribution in [1.29, 1.82) is 0 Å². The Morgan fingerprint density at radius 3 is 2.88 bits per heavy atom. The van der Waals surface area contributed by atoms with Crippen molar-refractivity contribution in [2.45, 2.75) is 49.9 Å². The number of terminal acetylenes is 1. The number of hydrogen-bond acceptors (Lipinski definition) is 9. The molecule has 3 atom stereocenters. The predicted octanol–water partition coefficient (Wildman–Crippen LogP) is 2.79. The van der Waals surface area contributed by atoms with E-state index >= 15 is 0 Å². The van der Waals surface area contributed by atoms with Crippen molar-refractivity contribution in [3.05, 3.63) is 47.0 Å². The Morgan fingerprint density at radius 2 is 2.05 bits per heavy atom. The van der Waals surface area contributed by atoms with Crippen molar-refractivity contribution in [1.82, 2.24) is 19.9 Å². The van der Waals surface area contributed by atoms with Gasteiger partial charge < -0.3 is 24.6 Å². The van der Waals surface area contributed by atoms with Crippen LogP contribution in [0.4, 0.5) is 14.7 Å². The van der Waals surface area contributed by atoms with Crippen molar-refractivity contribution in [2.75, 3.05) is 50.9 Å². The second-order valence-electron chi connectivity index (χ2n) is 11.1. The van der Waals surface area contributed by atoms with Crippen LogP contribution in [-0.2, 0) is 17.6 Å². The van der Waals surface area contributed by atoms with Gasteiger partial charge in [0.2, 0.25) is 5.95 Å². The number of phenolic OH excluding ortho intramolecular Hbond substituents is 1. The standard InChI is InChI=1S/C30H33F2N5O4/c1-2-24-25(32)6-4-19-12-22(39)13-20(27(19)24)5-7-26-33-28(36-10-11-40-23(16-36)17-38)35-29(34-26)41-18-30-8-3-9-37(30)15-21(31)14-30/h1,4,6,12-13,21,23,38-39H,3,5,7-11,14-18H2/t21-,23-,30+/m1/s1. The van der Waals surface area contributed by atoms with Crippen LogP contribution in [0.2, 0.25) is 0 Å². The molecule has 3 aromatic rings. The summed E-state index contributed by atoms with van der Waals surface area (Å²) in [7, 11) is 0. The van der Waals surface area contributed by atoms with E-state index in [9.17, 15) is 19.0 Å². The van der Waals surface area contributed by atoms with E-state index in [0.29, 0.717) is 73.6 Å². The van der Waals surface area contributed by atoms with Crippen LogP contribution < -0.4 is 9.64 Å². The Labute approximate surface area is 237 Å². The van der Waals surface area contributed by atoms with Crippen LogP contribution in [0.5, 0.6) is 11.8 Å². The third kappa shape index (κ3) is 5.52. The van der Waals surface area contributed by atoms with Gasteiger partial charge >= 0.3 is 6.01 Å². The number of aliphatic hydroxyl groups excluding tert-OH is 1. The lowest BCUT2D eigenvalue weighted by Gasteiger charge is -2.32. The molecular weight excluding hydrogens is 532 g/mol. The van der Waals surface area contributed by atoms with Crippen molar-refractivity contribution in [2.24, 2.45) is 0 Å². The van der Waals surface area contributed by atoms with Gasteiger partial charge in [0.15, 0.2) is 0 Å². The molecule has 6 rings (SSSR count). The highest BCUT2D eigenvalue weighted by atomic mass is 19.1. The smallest absolute Gasteiger partial charge is 0.321 e. The number of hydrogen-bond donors (Lipinski definition) is 2. The van der Waals surface area contributed by atoms with Gasteiger partial charge in [-0.1, -0.05) is 12.0 Å². The van der Waals surface area contributed by atoms with E-state index in [0.717, 1.165) is 19.4 Å². The number of fused-ring (bicyclic) bond motifs is 2. The van der Waals surface area contributed by atoms with Crippen molar-refractivity contribution in [3.8, 4) is 24.1 Å². The fraction of sp³-hybridized carbons (Fsp3) is 0.500. The SMILES string of the molecule is C#Cc1c(F)ccc2cc(O)cc(CCc3nc(OC[C@@]45CCCN4C[C@H](F)C5)nc(N4CCO[C@@H](CO)C4)n3)c12. The van der Waals surface area contributed by atoms with E-state index in [1.165, 1.54) is 6.07 Å². The summed E-state index contributed by atoms with van der Waals surface area (Å²) in [4.78, 5) is 18.0. The van der Waals surface area contributed by atoms with E-state index in [1.54, 1.807) is 18.2 Å². The van der Waals surface area contributed by atoms with Crippen LogP contribution in [0.1, 0.15) is 36.2 Å². The summed E-state index contributed by atoms with van der Waals surface area (Å²) in [5.41, 5.74) is 0.456. The number of benzene rings is 2. The molecule has 0 unspecified atom stereocenters. The average molecular weight is 566 g/mol. The molecule has 1 aromatic heterocycles. The second kappa shape index (κ2) is 11.4. The molecule has 0 amide bonds. The fourth-order valence-corrected chi connectivity index (χ4v) is 6.46. The molecule has 9 nitrogen and oxygen atoms in total. The van der Waals surface area contributed by atoms with Gasteiger partial charge in [-0.3, -0.25) is 4.90 Å². The number of morpholine rings is 1. The molecule has 3 saturated heterocycles. The van der Waals surface area contributed by atoms with E-state index in [2.05, 4.69) is 20.8 Å². The number of nitrogens with zero attached hydrogens (tertiary/aromatic N) is 5. The maximum Gasteiger partial charge on any atom is 0.321 e. The normalized spacial score (nSPS) is 24.5. The summed E-state index contributed by atoms with van der Waals surface area (Å²) in [6.07, 6.45) is 7.40. The van der Waals surface area contributed by atoms with Gasteiger partial charge in [-0.25, -0.2) is 8.78 Å². The predicted molar refractivity (Wildman–Crippen MR) is 148 cm³/mol. The largest absolute Gasteiger partial charge is 0.508 e. The summed E-state index contributed by atoms with van der Waals surface area (Å²) in [5, 5.41) is 21.2. The van der Waals surface area contributed by atoms with E-state index in [4.69, 9.17) is 20.9 Å². The molecule has 4 heterocycles. The highest BCUT2D eigenvalue weighted by molar-refractivity contribution is 5.92. The number of aliphatic hydroxyl groups is 1. The Hall–Kier alpha value is -3.59. The van der Waals surface area contributed by atoms with Gasteiger partial charge in [-0.05, 0) is 55.0 Å². The number of rotatable bonds is 8. The van der Waals surface area contributed by atoms with E-state index in [1.807, 2.05) is 4.90 Å². The molecule has 0 saturated carbocycles. The maximum absolute atomic E-state index is 14.6. The Bertz CT molecular complexity index is 1480. The van der Waals surface area contributed by atoms with Crippen LogP contribution in [0, 0.1) is 18.2 Å². The van der Waals surface area contributed by atoms with Gasteiger partial charge in [0.1, 0.15) is 30.2 Å². The number of ether oxygens (including phenoxy) is 2. The first-order valence-corrected chi connectivity index (χ1v) is 14.0. The Kier molecular flexibility index (Phi) is 7.64. The van der Waals surface area contributed by atoms with Gasteiger partial charge in [-0.15, -0.1) is 6.42 Å². The van der Waals surface area contributed by atoms with Crippen LogP contribution in [-0.4, -0.2) is 93.9 Å². The molecule has 3 fully saturated rings. The lowest BCUT2D eigenvalue weighted by Crippen LogP contribution is -2.45. The van der Waals surface area contributed by atoms with Crippen LogP contribution >= 0.6 is 0 Å². The summed E-state index contributed by atoms with van der Waals surface area (Å²) in [6.45, 7) is 2.77. The van der Waals surface area contributed by atoms with Crippen molar-refractivity contribution < 1.29 is 28.5 Å². The molecule has 216 valence electrons. The second-order valence-corrected chi connectivity index (χ2v) is 11.1. The molecule has 0 spiro atoms. The molecule has 11 heteroatoms. The molecule has 0 aliphatic carbocycles. The first kappa shape index (κ1) is 27.6. The van der Waals surface area contributed by atoms with Gasteiger partial charge in [-0.2, -0.15) is 15.0 Å².